The third kappa shape index (κ3) is 3.87. The van der Waals surface area contributed by atoms with Crippen LogP contribution < -0.4 is 4.90 Å². The Hall–Kier alpha value is -2.85. The maximum atomic E-state index is 13.2. The van der Waals surface area contributed by atoms with E-state index in [4.69, 9.17) is 16.3 Å². The number of halogens is 1. The topological polar surface area (TPSA) is 46.6 Å². The number of esters is 1. The van der Waals surface area contributed by atoms with Crippen LogP contribution in [0.4, 0.5) is 5.69 Å². The summed E-state index contributed by atoms with van der Waals surface area (Å²) < 4.78 is 5.21. The molecule has 0 atom stereocenters. The Morgan fingerprint density at radius 1 is 1.07 bits per heavy atom. The van der Waals surface area contributed by atoms with Crippen molar-refractivity contribution >= 4 is 35.2 Å². The van der Waals surface area contributed by atoms with E-state index >= 15 is 0 Å². The van der Waals surface area contributed by atoms with Gasteiger partial charge >= 0.3 is 5.97 Å². The van der Waals surface area contributed by atoms with Gasteiger partial charge < -0.3 is 4.74 Å². The summed E-state index contributed by atoms with van der Waals surface area (Å²) in [6.07, 6.45) is 2.68. The van der Waals surface area contributed by atoms with Crippen molar-refractivity contribution in [2.45, 2.75) is 27.2 Å². The van der Waals surface area contributed by atoms with E-state index < -0.39 is 5.97 Å². The second-order valence-corrected chi connectivity index (χ2v) is 6.89. The summed E-state index contributed by atoms with van der Waals surface area (Å²) >= 11 is 5.97. The average Bonchev–Trinajstić information content (AvgIpc) is 2.93. The largest absolute Gasteiger partial charge is 0.462 e. The number of anilines is 1. The van der Waals surface area contributed by atoms with Crippen molar-refractivity contribution < 1.29 is 14.3 Å². The fourth-order valence-corrected chi connectivity index (χ4v) is 3.32. The first-order valence-electron chi connectivity index (χ1n) is 9.25. The monoisotopic (exact) mass is 395 g/mol. The van der Waals surface area contributed by atoms with Crippen molar-refractivity contribution in [3.63, 3.8) is 0 Å². The van der Waals surface area contributed by atoms with Crippen LogP contribution in [-0.2, 0) is 20.7 Å². The smallest absolute Gasteiger partial charge is 0.340 e. The minimum Gasteiger partial charge on any atom is -0.462 e. The summed E-state index contributed by atoms with van der Waals surface area (Å²) in [5.41, 5.74) is 3.88. The summed E-state index contributed by atoms with van der Waals surface area (Å²) in [7, 11) is 0. The summed E-state index contributed by atoms with van der Waals surface area (Å²) in [6.45, 7) is 5.82. The number of hydrogen-bond donors (Lipinski definition) is 0. The molecule has 0 unspecified atom stereocenters. The predicted octanol–water partition coefficient (Wildman–Crippen LogP) is 5.17. The number of hydrogen-bond acceptors (Lipinski definition) is 3. The van der Waals surface area contributed by atoms with Gasteiger partial charge in [-0.05, 0) is 61.7 Å². The molecule has 0 radical (unpaired) electrons. The molecule has 0 fully saturated rings. The zero-order valence-corrected chi connectivity index (χ0v) is 16.9. The molecule has 0 saturated carbocycles. The van der Waals surface area contributed by atoms with Gasteiger partial charge in [0.15, 0.2) is 0 Å². The highest BCUT2D eigenvalue weighted by molar-refractivity contribution is 6.30. The lowest BCUT2D eigenvalue weighted by atomic mass is 10.0. The van der Waals surface area contributed by atoms with E-state index in [1.165, 1.54) is 10.5 Å². The fourth-order valence-electron chi connectivity index (χ4n) is 3.20. The molecule has 0 saturated heterocycles. The molecule has 0 spiro atoms. The van der Waals surface area contributed by atoms with Crippen LogP contribution in [0.15, 0.2) is 65.4 Å². The van der Waals surface area contributed by atoms with Crippen LogP contribution in [0.25, 0.3) is 6.08 Å². The molecule has 1 heterocycles. The van der Waals surface area contributed by atoms with Crippen molar-refractivity contribution in [3.05, 3.63) is 81.5 Å². The molecule has 0 N–H and O–H groups in total. The van der Waals surface area contributed by atoms with Gasteiger partial charge in [-0.25, -0.2) is 4.79 Å². The first-order valence-corrected chi connectivity index (χ1v) is 9.63. The number of amides is 1. The summed E-state index contributed by atoms with van der Waals surface area (Å²) in [5, 5.41) is 0.578. The first-order chi connectivity index (χ1) is 13.5. The normalized spacial score (nSPS) is 15.5. The Labute approximate surface area is 170 Å². The average molecular weight is 396 g/mol. The highest BCUT2D eigenvalue weighted by Crippen LogP contribution is 2.35. The van der Waals surface area contributed by atoms with E-state index in [1.54, 1.807) is 44.2 Å². The molecule has 1 aliphatic rings. The minimum atomic E-state index is -0.499. The SMILES string of the molecule is CCOC(=O)C1=C(C)N(c2ccc(Cl)cc2)C(=O)/C1=C\c1ccc(CC)cc1. The first kappa shape index (κ1) is 19.9. The summed E-state index contributed by atoms with van der Waals surface area (Å²) in [4.78, 5) is 27.4. The van der Waals surface area contributed by atoms with Crippen molar-refractivity contribution in [3.8, 4) is 0 Å². The van der Waals surface area contributed by atoms with E-state index in [0.717, 1.165) is 12.0 Å². The van der Waals surface area contributed by atoms with Gasteiger partial charge in [0.1, 0.15) is 0 Å². The Balaban J connectivity index is 2.08. The lowest BCUT2D eigenvalue weighted by Gasteiger charge is -2.18. The number of ether oxygens (including phenoxy) is 1. The zero-order valence-electron chi connectivity index (χ0n) is 16.2. The van der Waals surface area contributed by atoms with Crippen LogP contribution in [0.5, 0.6) is 0 Å². The minimum absolute atomic E-state index is 0.239. The van der Waals surface area contributed by atoms with E-state index in [0.29, 0.717) is 27.6 Å². The fraction of sp³-hybridized carbons (Fsp3) is 0.217. The quantitative estimate of drug-likeness (QED) is 0.518. The second-order valence-electron chi connectivity index (χ2n) is 6.45. The standard InChI is InChI=1S/C23H22ClNO3/c1-4-16-6-8-17(9-7-16)14-20-21(23(27)28-5-2)15(3)25(22(20)26)19-12-10-18(24)11-13-19/h6-14H,4-5H2,1-3H3/b20-14-. The number of benzene rings is 2. The molecule has 2 aromatic rings. The van der Waals surface area contributed by atoms with Gasteiger partial charge in [0.2, 0.25) is 0 Å². The molecule has 144 valence electrons. The third-order valence-electron chi connectivity index (χ3n) is 4.66. The van der Waals surface area contributed by atoms with Gasteiger partial charge in [-0.3, -0.25) is 9.69 Å². The Bertz CT molecular complexity index is 956. The van der Waals surface area contributed by atoms with Gasteiger partial charge in [-0.15, -0.1) is 0 Å². The van der Waals surface area contributed by atoms with Gasteiger partial charge in [0.25, 0.3) is 5.91 Å². The van der Waals surface area contributed by atoms with Crippen molar-refractivity contribution in [1.29, 1.82) is 0 Å². The summed E-state index contributed by atoms with van der Waals surface area (Å²) in [6, 6.07) is 14.9. The van der Waals surface area contributed by atoms with Crippen LogP contribution >= 0.6 is 11.6 Å². The third-order valence-corrected chi connectivity index (χ3v) is 4.92. The molecule has 0 bridgehead atoms. The number of allylic oxidation sites excluding steroid dienone is 1. The number of rotatable bonds is 5. The van der Waals surface area contributed by atoms with E-state index in [2.05, 4.69) is 6.92 Å². The molecular formula is C23H22ClNO3. The maximum absolute atomic E-state index is 13.2. The van der Waals surface area contributed by atoms with Gasteiger partial charge in [0.05, 0.1) is 17.8 Å². The van der Waals surface area contributed by atoms with Crippen molar-refractivity contribution in [2.75, 3.05) is 11.5 Å². The number of nitrogens with zero attached hydrogens (tertiary/aromatic N) is 1. The predicted molar refractivity (Wildman–Crippen MR) is 112 cm³/mol. The Morgan fingerprint density at radius 2 is 1.71 bits per heavy atom. The van der Waals surface area contributed by atoms with E-state index in [1.807, 2.05) is 24.3 Å². The molecule has 1 amide bonds. The Kier molecular flexibility index (Phi) is 6.00. The highest BCUT2D eigenvalue weighted by Gasteiger charge is 2.38. The summed E-state index contributed by atoms with van der Waals surface area (Å²) in [5.74, 6) is -0.760. The van der Waals surface area contributed by atoms with Crippen molar-refractivity contribution in [1.82, 2.24) is 0 Å². The van der Waals surface area contributed by atoms with Crippen molar-refractivity contribution in [2.24, 2.45) is 0 Å². The zero-order chi connectivity index (χ0) is 20.3. The molecular weight excluding hydrogens is 374 g/mol. The van der Waals surface area contributed by atoms with Crippen LogP contribution in [0.3, 0.4) is 0 Å². The molecule has 28 heavy (non-hydrogen) atoms. The Morgan fingerprint density at radius 3 is 2.29 bits per heavy atom. The molecule has 2 aromatic carbocycles. The van der Waals surface area contributed by atoms with Crippen LogP contribution in [-0.4, -0.2) is 18.5 Å². The van der Waals surface area contributed by atoms with E-state index in [-0.39, 0.29) is 12.5 Å². The molecule has 3 rings (SSSR count). The molecule has 1 aliphatic heterocycles. The lowest BCUT2D eigenvalue weighted by molar-refractivity contribution is -0.138. The molecule has 0 aromatic heterocycles. The van der Waals surface area contributed by atoms with Crippen LogP contribution in [0.1, 0.15) is 31.9 Å². The maximum Gasteiger partial charge on any atom is 0.340 e. The van der Waals surface area contributed by atoms with Crippen LogP contribution in [0.2, 0.25) is 5.02 Å². The van der Waals surface area contributed by atoms with Gasteiger partial charge in [-0.1, -0.05) is 42.8 Å². The van der Waals surface area contributed by atoms with Crippen LogP contribution in [0, 0.1) is 0 Å². The van der Waals surface area contributed by atoms with Gasteiger partial charge in [0, 0.05) is 16.4 Å². The van der Waals surface area contributed by atoms with E-state index in [9.17, 15) is 9.59 Å². The molecule has 4 nitrogen and oxygen atoms in total. The molecule has 5 heteroatoms. The number of carbonyl (C=O) groups is 2. The lowest BCUT2D eigenvalue weighted by Crippen LogP contribution is -2.24. The highest BCUT2D eigenvalue weighted by atomic mass is 35.5. The molecule has 0 aliphatic carbocycles. The number of carbonyl (C=O) groups excluding carboxylic acids is 2. The number of aryl methyl sites for hydroxylation is 1. The second kappa shape index (κ2) is 8.44. The van der Waals surface area contributed by atoms with Gasteiger partial charge in [-0.2, -0.15) is 0 Å².